The van der Waals surface area contributed by atoms with E-state index in [1.807, 2.05) is 6.08 Å². The molecule has 6 aliphatic rings. The molecule has 3 saturated carbocycles. The standard InChI is InChI=1S/C23H32O5/c1-20-7-8-22(25-9-10-26-22)14-15(20)13-18(24)19-16(20)3-5-21(2)17(19)4-6-23(21)27-11-12-28-23/h13,16-17,19H,3-12,14H2,1-2H3/t16?,17?,19?,20-,21-/m0/s1. The minimum Gasteiger partial charge on any atom is -0.347 e. The Labute approximate surface area is 167 Å². The Hall–Kier alpha value is -0.750. The maximum absolute atomic E-state index is 13.5. The number of carbonyl (C=O) groups excluding carboxylic acids is 1. The van der Waals surface area contributed by atoms with E-state index in [0.717, 1.165) is 44.9 Å². The van der Waals surface area contributed by atoms with Crippen molar-refractivity contribution in [2.45, 2.75) is 70.4 Å². The number of hydrogen-bond donors (Lipinski definition) is 0. The molecule has 2 saturated heterocycles. The fourth-order valence-electron chi connectivity index (χ4n) is 7.98. The summed E-state index contributed by atoms with van der Waals surface area (Å²) in [6.45, 7) is 7.46. The summed E-state index contributed by atoms with van der Waals surface area (Å²) in [6, 6.07) is 0. The molecular formula is C23H32O5. The van der Waals surface area contributed by atoms with Crippen LogP contribution in [0.25, 0.3) is 0 Å². The highest BCUT2D eigenvalue weighted by atomic mass is 16.7. The lowest BCUT2D eigenvalue weighted by molar-refractivity contribution is -0.242. The van der Waals surface area contributed by atoms with Gasteiger partial charge in [-0.1, -0.05) is 19.4 Å². The van der Waals surface area contributed by atoms with E-state index < -0.39 is 11.6 Å². The van der Waals surface area contributed by atoms with Crippen LogP contribution >= 0.6 is 0 Å². The van der Waals surface area contributed by atoms with E-state index in [2.05, 4.69) is 13.8 Å². The molecule has 0 aromatic carbocycles. The van der Waals surface area contributed by atoms with Gasteiger partial charge in [-0.2, -0.15) is 0 Å². The van der Waals surface area contributed by atoms with Crippen LogP contribution in [0.1, 0.15) is 58.8 Å². The first kappa shape index (κ1) is 18.1. The van der Waals surface area contributed by atoms with Gasteiger partial charge in [0.15, 0.2) is 17.4 Å². The average Bonchev–Trinajstić information content (AvgIpc) is 3.39. The zero-order chi connectivity index (χ0) is 19.2. The largest absolute Gasteiger partial charge is 0.347 e. The van der Waals surface area contributed by atoms with Crippen LogP contribution in [0.4, 0.5) is 0 Å². The van der Waals surface area contributed by atoms with E-state index in [1.165, 1.54) is 5.57 Å². The molecule has 5 nitrogen and oxygen atoms in total. The number of carbonyl (C=O) groups is 1. The van der Waals surface area contributed by atoms with Gasteiger partial charge < -0.3 is 18.9 Å². The second kappa shape index (κ2) is 5.69. The zero-order valence-electron chi connectivity index (χ0n) is 17.1. The van der Waals surface area contributed by atoms with Gasteiger partial charge in [-0.3, -0.25) is 4.79 Å². The zero-order valence-corrected chi connectivity index (χ0v) is 17.1. The van der Waals surface area contributed by atoms with Gasteiger partial charge in [0.05, 0.1) is 26.4 Å². The maximum Gasteiger partial charge on any atom is 0.174 e. The molecule has 0 bridgehead atoms. The fraction of sp³-hybridized carbons (Fsp3) is 0.870. The Bertz CT molecular complexity index is 731. The molecule has 5 atom stereocenters. The smallest absolute Gasteiger partial charge is 0.174 e. The van der Waals surface area contributed by atoms with Gasteiger partial charge in [0, 0.05) is 30.6 Å². The highest BCUT2D eigenvalue weighted by molar-refractivity contribution is 5.94. The lowest BCUT2D eigenvalue weighted by Gasteiger charge is -2.58. The molecule has 0 aromatic rings. The van der Waals surface area contributed by atoms with Crippen LogP contribution < -0.4 is 0 Å². The predicted molar refractivity (Wildman–Crippen MR) is 101 cm³/mol. The van der Waals surface area contributed by atoms with Gasteiger partial charge in [-0.05, 0) is 49.0 Å². The van der Waals surface area contributed by atoms with Crippen molar-refractivity contribution in [3.63, 3.8) is 0 Å². The summed E-state index contributed by atoms with van der Waals surface area (Å²) in [4.78, 5) is 13.5. The Balaban J connectivity index is 1.36. The molecule has 0 aromatic heterocycles. The molecule has 3 unspecified atom stereocenters. The Morgan fingerprint density at radius 1 is 0.857 bits per heavy atom. The topological polar surface area (TPSA) is 54.0 Å². The molecule has 0 amide bonds. The molecule has 0 N–H and O–H groups in total. The number of fused-ring (bicyclic) bond motifs is 6. The molecule has 0 radical (unpaired) electrons. The Kier molecular flexibility index (Phi) is 3.67. The molecule has 5 heteroatoms. The molecular weight excluding hydrogens is 356 g/mol. The summed E-state index contributed by atoms with van der Waals surface area (Å²) in [5.74, 6) is 0.313. The molecule has 5 fully saturated rings. The van der Waals surface area contributed by atoms with Gasteiger partial charge in [0.2, 0.25) is 0 Å². The predicted octanol–water partition coefficient (Wildman–Crippen LogP) is 3.61. The molecule has 2 heterocycles. The highest BCUT2D eigenvalue weighted by Crippen LogP contribution is 2.68. The second-order valence-corrected chi connectivity index (χ2v) is 10.5. The van der Waals surface area contributed by atoms with Crippen LogP contribution in [0, 0.1) is 28.6 Å². The summed E-state index contributed by atoms with van der Waals surface area (Å²) in [6.07, 6.45) is 8.89. The summed E-state index contributed by atoms with van der Waals surface area (Å²) in [7, 11) is 0. The third kappa shape index (κ3) is 2.09. The summed E-state index contributed by atoms with van der Waals surface area (Å²) >= 11 is 0. The number of ether oxygens (including phenoxy) is 4. The number of hydrogen-bond acceptors (Lipinski definition) is 5. The first-order chi connectivity index (χ1) is 13.4. The summed E-state index contributed by atoms with van der Waals surface area (Å²) < 4.78 is 24.4. The summed E-state index contributed by atoms with van der Waals surface area (Å²) in [5, 5.41) is 0. The van der Waals surface area contributed by atoms with Gasteiger partial charge >= 0.3 is 0 Å². The third-order valence-electron chi connectivity index (χ3n) is 9.56. The van der Waals surface area contributed by atoms with Crippen molar-refractivity contribution in [3.8, 4) is 0 Å². The fourth-order valence-corrected chi connectivity index (χ4v) is 7.98. The first-order valence-electron chi connectivity index (χ1n) is 11.2. The molecule has 6 rings (SSSR count). The molecule has 154 valence electrons. The number of ketones is 1. The van der Waals surface area contributed by atoms with Crippen molar-refractivity contribution >= 4 is 5.78 Å². The van der Waals surface area contributed by atoms with Gasteiger partial charge in [0.25, 0.3) is 0 Å². The van der Waals surface area contributed by atoms with Crippen molar-refractivity contribution in [3.05, 3.63) is 11.6 Å². The van der Waals surface area contributed by atoms with Crippen LogP contribution in [0.15, 0.2) is 11.6 Å². The van der Waals surface area contributed by atoms with Crippen molar-refractivity contribution in [1.29, 1.82) is 0 Å². The molecule has 2 spiro atoms. The number of allylic oxidation sites excluding steroid dienone is 1. The quantitative estimate of drug-likeness (QED) is 0.634. The Morgan fingerprint density at radius 2 is 1.54 bits per heavy atom. The molecule has 4 aliphatic carbocycles. The van der Waals surface area contributed by atoms with Crippen LogP contribution in [0.3, 0.4) is 0 Å². The third-order valence-corrected chi connectivity index (χ3v) is 9.56. The van der Waals surface area contributed by atoms with Crippen LogP contribution in [0.5, 0.6) is 0 Å². The van der Waals surface area contributed by atoms with E-state index in [-0.39, 0.29) is 16.7 Å². The lowest BCUT2D eigenvalue weighted by Crippen LogP contribution is -2.57. The number of rotatable bonds is 0. The Morgan fingerprint density at radius 3 is 2.29 bits per heavy atom. The van der Waals surface area contributed by atoms with E-state index >= 15 is 0 Å². The van der Waals surface area contributed by atoms with E-state index in [0.29, 0.717) is 44.0 Å². The van der Waals surface area contributed by atoms with Gasteiger partial charge in [-0.25, -0.2) is 0 Å². The van der Waals surface area contributed by atoms with Crippen molar-refractivity contribution in [2.24, 2.45) is 28.6 Å². The van der Waals surface area contributed by atoms with Crippen LogP contribution in [-0.2, 0) is 23.7 Å². The normalized spacial score (nSPS) is 48.4. The minimum atomic E-state index is -0.468. The van der Waals surface area contributed by atoms with Crippen LogP contribution in [0.2, 0.25) is 0 Å². The van der Waals surface area contributed by atoms with Crippen molar-refractivity contribution in [2.75, 3.05) is 26.4 Å². The second-order valence-electron chi connectivity index (χ2n) is 10.5. The first-order valence-corrected chi connectivity index (χ1v) is 11.2. The average molecular weight is 389 g/mol. The minimum absolute atomic E-state index is 0.0460. The van der Waals surface area contributed by atoms with Gasteiger partial charge in [-0.15, -0.1) is 0 Å². The molecule has 2 aliphatic heterocycles. The van der Waals surface area contributed by atoms with Crippen LogP contribution in [-0.4, -0.2) is 43.8 Å². The molecule has 28 heavy (non-hydrogen) atoms. The SMILES string of the molecule is C[C@]12CCC3(CC1=CC(=O)C1C2CC[C@@]2(C)C1CCC21OCCO1)OCCO3. The lowest BCUT2D eigenvalue weighted by atomic mass is 9.47. The van der Waals surface area contributed by atoms with Gasteiger partial charge in [0.1, 0.15) is 0 Å². The van der Waals surface area contributed by atoms with E-state index in [1.54, 1.807) is 0 Å². The van der Waals surface area contributed by atoms with E-state index in [9.17, 15) is 4.79 Å². The summed E-state index contributed by atoms with van der Waals surface area (Å²) in [5.41, 5.74) is 1.32. The van der Waals surface area contributed by atoms with Crippen molar-refractivity contribution < 1.29 is 23.7 Å². The maximum atomic E-state index is 13.5. The monoisotopic (exact) mass is 388 g/mol. The highest BCUT2D eigenvalue weighted by Gasteiger charge is 2.68. The van der Waals surface area contributed by atoms with E-state index in [4.69, 9.17) is 18.9 Å². The van der Waals surface area contributed by atoms with Crippen molar-refractivity contribution in [1.82, 2.24) is 0 Å².